The fourth-order valence-corrected chi connectivity index (χ4v) is 1.18. The third-order valence-corrected chi connectivity index (χ3v) is 2.05. The van der Waals surface area contributed by atoms with Crippen LogP contribution in [-0.4, -0.2) is 18.8 Å². The van der Waals surface area contributed by atoms with Crippen molar-refractivity contribution in [2.24, 2.45) is 0 Å². The Bertz CT molecular complexity index is 287. The SMILES string of the molecule is CCCCNc1cc(OC)ccc1O. The summed E-state index contributed by atoms with van der Waals surface area (Å²) >= 11 is 0. The van der Waals surface area contributed by atoms with Crippen LogP contribution < -0.4 is 10.1 Å². The Hall–Kier alpha value is -1.38. The van der Waals surface area contributed by atoms with Gasteiger partial charge in [-0.05, 0) is 18.6 Å². The van der Waals surface area contributed by atoms with Crippen molar-refractivity contribution in [1.29, 1.82) is 0 Å². The molecule has 78 valence electrons. The summed E-state index contributed by atoms with van der Waals surface area (Å²) in [5.74, 6) is 1.02. The molecule has 1 aromatic rings. The fourth-order valence-electron chi connectivity index (χ4n) is 1.18. The molecule has 0 radical (unpaired) electrons. The Balaban J connectivity index is 2.64. The third kappa shape index (κ3) is 2.83. The highest BCUT2D eigenvalue weighted by atomic mass is 16.5. The van der Waals surface area contributed by atoms with Crippen molar-refractivity contribution in [2.45, 2.75) is 19.8 Å². The maximum atomic E-state index is 9.51. The molecule has 0 atom stereocenters. The van der Waals surface area contributed by atoms with Gasteiger partial charge in [0.05, 0.1) is 12.8 Å². The molecule has 3 heteroatoms. The quantitative estimate of drug-likeness (QED) is 0.560. The zero-order chi connectivity index (χ0) is 10.4. The molecule has 0 aliphatic carbocycles. The predicted molar refractivity (Wildman–Crippen MR) is 58.1 cm³/mol. The van der Waals surface area contributed by atoms with E-state index in [9.17, 15) is 5.11 Å². The van der Waals surface area contributed by atoms with Crippen LogP contribution in [0.1, 0.15) is 19.8 Å². The number of phenols is 1. The van der Waals surface area contributed by atoms with Gasteiger partial charge < -0.3 is 15.2 Å². The van der Waals surface area contributed by atoms with Gasteiger partial charge in [-0.2, -0.15) is 0 Å². The van der Waals surface area contributed by atoms with E-state index in [0.29, 0.717) is 0 Å². The van der Waals surface area contributed by atoms with Gasteiger partial charge in [0.15, 0.2) is 0 Å². The van der Waals surface area contributed by atoms with Gasteiger partial charge in [-0.25, -0.2) is 0 Å². The van der Waals surface area contributed by atoms with Crippen LogP contribution in [0.2, 0.25) is 0 Å². The number of nitrogens with one attached hydrogen (secondary N) is 1. The molecule has 0 aliphatic heterocycles. The molecule has 0 spiro atoms. The van der Waals surface area contributed by atoms with Crippen molar-refractivity contribution < 1.29 is 9.84 Å². The van der Waals surface area contributed by atoms with Crippen molar-refractivity contribution in [3.05, 3.63) is 18.2 Å². The minimum absolute atomic E-state index is 0.266. The van der Waals surface area contributed by atoms with E-state index in [1.54, 1.807) is 25.3 Å². The number of benzene rings is 1. The van der Waals surface area contributed by atoms with Gasteiger partial charge in [0.25, 0.3) is 0 Å². The lowest BCUT2D eigenvalue weighted by Crippen LogP contribution is -2.01. The Kier molecular flexibility index (Phi) is 4.11. The van der Waals surface area contributed by atoms with Crippen LogP contribution in [0.5, 0.6) is 11.5 Å². The van der Waals surface area contributed by atoms with E-state index >= 15 is 0 Å². The van der Waals surface area contributed by atoms with Crippen LogP contribution in [0.25, 0.3) is 0 Å². The minimum atomic E-state index is 0.266. The van der Waals surface area contributed by atoms with E-state index < -0.39 is 0 Å². The van der Waals surface area contributed by atoms with Crippen molar-refractivity contribution in [2.75, 3.05) is 19.0 Å². The highest BCUT2D eigenvalue weighted by molar-refractivity contribution is 5.58. The summed E-state index contributed by atoms with van der Waals surface area (Å²) in [4.78, 5) is 0. The molecular formula is C11H17NO2. The first-order valence-corrected chi connectivity index (χ1v) is 4.88. The maximum absolute atomic E-state index is 9.51. The molecule has 3 nitrogen and oxygen atoms in total. The summed E-state index contributed by atoms with van der Waals surface area (Å²) < 4.78 is 5.07. The van der Waals surface area contributed by atoms with Crippen molar-refractivity contribution >= 4 is 5.69 Å². The molecule has 0 heterocycles. The maximum Gasteiger partial charge on any atom is 0.138 e. The Morgan fingerprint density at radius 3 is 2.86 bits per heavy atom. The molecule has 0 amide bonds. The number of ether oxygens (including phenoxy) is 1. The average molecular weight is 195 g/mol. The highest BCUT2D eigenvalue weighted by Gasteiger charge is 2.01. The molecule has 1 rings (SSSR count). The van der Waals surface area contributed by atoms with E-state index in [2.05, 4.69) is 12.2 Å². The van der Waals surface area contributed by atoms with Gasteiger partial charge in [-0.15, -0.1) is 0 Å². The van der Waals surface area contributed by atoms with Gasteiger partial charge in [0.2, 0.25) is 0 Å². The number of rotatable bonds is 5. The van der Waals surface area contributed by atoms with Gasteiger partial charge in [0, 0.05) is 12.6 Å². The number of unbranched alkanes of at least 4 members (excludes halogenated alkanes) is 1. The third-order valence-electron chi connectivity index (χ3n) is 2.05. The van der Waals surface area contributed by atoms with Crippen molar-refractivity contribution in [3.63, 3.8) is 0 Å². The Morgan fingerprint density at radius 1 is 1.43 bits per heavy atom. The molecule has 0 saturated heterocycles. The van der Waals surface area contributed by atoms with Crippen molar-refractivity contribution in [1.82, 2.24) is 0 Å². The van der Waals surface area contributed by atoms with Gasteiger partial charge in [-0.3, -0.25) is 0 Å². The summed E-state index contributed by atoms with van der Waals surface area (Å²) in [6.07, 6.45) is 2.23. The second-order valence-electron chi connectivity index (χ2n) is 3.16. The zero-order valence-electron chi connectivity index (χ0n) is 8.71. The van der Waals surface area contributed by atoms with Gasteiger partial charge in [-0.1, -0.05) is 13.3 Å². The summed E-state index contributed by atoms with van der Waals surface area (Å²) in [7, 11) is 1.61. The molecule has 14 heavy (non-hydrogen) atoms. The van der Waals surface area contributed by atoms with Crippen molar-refractivity contribution in [3.8, 4) is 11.5 Å². The summed E-state index contributed by atoms with van der Waals surface area (Å²) in [5, 5.41) is 12.7. The molecule has 0 aromatic heterocycles. The smallest absolute Gasteiger partial charge is 0.138 e. The van der Waals surface area contributed by atoms with E-state index in [1.165, 1.54) is 0 Å². The number of hydrogen-bond acceptors (Lipinski definition) is 3. The lowest BCUT2D eigenvalue weighted by Gasteiger charge is -2.09. The number of anilines is 1. The van der Waals surface area contributed by atoms with E-state index in [4.69, 9.17) is 4.74 Å². The average Bonchev–Trinajstić information content (AvgIpc) is 2.21. The van der Waals surface area contributed by atoms with Crippen LogP contribution >= 0.6 is 0 Å². The Labute approximate surface area is 84.7 Å². The Morgan fingerprint density at radius 2 is 2.21 bits per heavy atom. The lowest BCUT2D eigenvalue weighted by molar-refractivity contribution is 0.412. The molecule has 1 aromatic carbocycles. The monoisotopic (exact) mass is 195 g/mol. The molecule has 0 saturated carbocycles. The first kappa shape index (κ1) is 10.7. The van der Waals surface area contributed by atoms with Crippen LogP contribution in [0.15, 0.2) is 18.2 Å². The topological polar surface area (TPSA) is 41.5 Å². The largest absolute Gasteiger partial charge is 0.506 e. The van der Waals surface area contributed by atoms with Gasteiger partial charge in [0.1, 0.15) is 11.5 Å². The molecule has 0 aliphatic rings. The predicted octanol–water partition coefficient (Wildman–Crippen LogP) is 2.61. The number of aromatic hydroxyl groups is 1. The lowest BCUT2D eigenvalue weighted by atomic mass is 10.2. The summed E-state index contributed by atoms with van der Waals surface area (Å²) in [5.41, 5.74) is 0.734. The van der Waals surface area contributed by atoms with Crippen LogP contribution in [0.3, 0.4) is 0 Å². The normalized spacial score (nSPS) is 9.86. The second-order valence-corrected chi connectivity index (χ2v) is 3.16. The molecular weight excluding hydrogens is 178 g/mol. The standard InChI is InChI=1S/C11H17NO2/c1-3-4-7-12-10-8-9(14-2)5-6-11(10)13/h5-6,8,12-13H,3-4,7H2,1-2H3. The number of hydrogen-bond donors (Lipinski definition) is 2. The second kappa shape index (κ2) is 5.37. The zero-order valence-corrected chi connectivity index (χ0v) is 8.71. The minimum Gasteiger partial charge on any atom is -0.506 e. The first-order valence-electron chi connectivity index (χ1n) is 4.88. The van der Waals surface area contributed by atoms with E-state index in [1.807, 2.05) is 0 Å². The molecule has 0 unspecified atom stereocenters. The van der Waals surface area contributed by atoms with Gasteiger partial charge >= 0.3 is 0 Å². The van der Waals surface area contributed by atoms with E-state index in [0.717, 1.165) is 30.8 Å². The molecule has 0 fully saturated rings. The fraction of sp³-hybridized carbons (Fsp3) is 0.455. The van der Waals surface area contributed by atoms with E-state index in [-0.39, 0.29) is 5.75 Å². The summed E-state index contributed by atoms with van der Waals surface area (Å²) in [6, 6.07) is 5.17. The van der Waals surface area contributed by atoms with Crippen LogP contribution in [-0.2, 0) is 0 Å². The molecule has 0 bridgehead atoms. The van der Waals surface area contributed by atoms with Crippen LogP contribution in [0.4, 0.5) is 5.69 Å². The number of methoxy groups -OCH3 is 1. The summed E-state index contributed by atoms with van der Waals surface area (Å²) in [6.45, 7) is 3.00. The number of phenolic OH excluding ortho intramolecular Hbond substituents is 1. The first-order chi connectivity index (χ1) is 6.77. The molecule has 2 N–H and O–H groups in total. The van der Waals surface area contributed by atoms with Crippen LogP contribution in [0, 0.1) is 0 Å². The highest BCUT2D eigenvalue weighted by Crippen LogP contribution is 2.27.